The summed E-state index contributed by atoms with van der Waals surface area (Å²) in [7, 11) is 0. The summed E-state index contributed by atoms with van der Waals surface area (Å²) in [6.45, 7) is 3.09. The summed E-state index contributed by atoms with van der Waals surface area (Å²) in [5, 5.41) is 0. The van der Waals surface area contributed by atoms with Crippen LogP contribution in [0.4, 0.5) is 18.9 Å². The van der Waals surface area contributed by atoms with Crippen molar-refractivity contribution >= 4 is 5.69 Å². The van der Waals surface area contributed by atoms with Crippen molar-refractivity contribution in [3.8, 4) is 0 Å². The van der Waals surface area contributed by atoms with E-state index in [4.69, 9.17) is 5.73 Å². The second-order valence-electron chi connectivity index (χ2n) is 4.63. The second kappa shape index (κ2) is 6.80. The summed E-state index contributed by atoms with van der Waals surface area (Å²) in [6.07, 6.45) is -2.79. The highest BCUT2D eigenvalue weighted by Crippen LogP contribution is 2.26. The third-order valence-electron chi connectivity index (χ3n) is 3.09. The monoisotopic (exact) mass is 274 g/mol. The van der Waals surface area contributed by atoms with Crippen LogP contribution in [0.3, 0.4) is 0 Å². The highest BCUT2D eigenvalue weighted by atomic mass is 19.4. The Morgan fingerprint density at radius 2 is 1.84 bits per heavy atom. The third-order valence-corrected chi connectivity index (χ3v) is 3.09. The molecule has 2 N–H and O–H groups in total. The molecule has 1 rings (SSSR count). The van der Waals surface area contributed by atoms with Gasteiger partial charge in [-0.25, -0.2) is 0 Å². The Hall–Kier alpha value is -1.23. The van der Waals surface area contributed by atoms with E-state index in [1.54, 1.807) is 19.1 Å². The van der Waals surface area contributed by atoms with Crippen molar-refractivity contribution < 1.29 is 13.2 Å². The molecular formula is C14H21F3N2. The average molecular weight is 274 g/mol. The number of hydrogen-bond acceptors (Lipinski definition) is 2. The molecule has 0 heterocycles. The first-order chi connectivity index (χ1) is 8.87. The molecule has 0 saturated carbocycles. The van der Waals surface area contributed by atoms with Crippen LogP contribution in [0.5, 0.6) is 0 Å². The molecule has 1 aromatic rings. The molecule has 0 aliphatic carbocycles. The zero-order valence-electron chi connectivity index (χ0n) is 11.4. The molecule has 0 radical (unpaired) electrons. The molecular weight excluding hydrogens is 253 g/mol. The van der Waals surface area contributed by atoms with Crippen molar-refractivity contribution in [2.24, 2.45) is 5.73 Å². The maximum Gasteiger partial charge on any atom is 0.405 e. The Balaban J connectivity index is 2.96. The van der Waals surface area contributed by atoms with Crippen LogP contribution in [-0.2, 0) is 6.42 Å². The Morgan fingerprint density at radius 3 is 2.37 bits per heavy atom. The van der Waals surface area contributed by atoms with E-state index in [1.807, 2.05) is 19.1 Å². The maximum absolute atomic E-state index is 12.6. The van der Waals surface area contributed by atoms with Gasteiger partial charge in [-0.15, -0.1) is 0 Å². The molecule has 108 valence electrons. The Bertz CT molecular complexity index is 391. The lowest BCUT2D eigenvalue weighted by Crippen LogP contribution is -2.35. The molecule has 0 saturated heterocycles. The van der Waals surface area contributed by atoms with E-state index in [-0.39, 0.29) is 6.04 Å². The average Bonchev–Trinajstić information content (AvgIpc) is 2.35. The number of alkyl halides is 3. The summed E-state index contributed by atoms with van der Waals surface area (Å²) >= 11 is 0. The van der Waals surface area contributed by atoms with Gasteiger partial charge in [0.1, 0.15) is 6.54 Å². The summed E-state index contributed by atoms with van der Waals surface area (Å²) in [5.74, 6) is 0. The Morgan fingerprint density at radius 1 is 1.21 bits per heavy atom. The molecule has 5 heteroatoms. The number of para-hydroxylation sites is 1. The minimum absolute atomic E-state index is 0.0225. The van der Waals surface area contributed by atoms with E-state index in [0.29, 0.717) is 18.7 Å². The third kappa shape index (κ3) is 5.11. The van der Waals surface area contributed by atoms with Gasteiger partial charge in [0.2, 0.25) is 0 Å². The number of halogens is 3. The van der Waals surface area contributed by atoms with Gasteiger partial charge in [-0.1, -0.05) is 25.1 Å². The SMILES string of the molecule is CCC(N)Cc1ccccc1N(CC)CC(F)(F)F. The van der Waals surface area contributed by atoms with Crippen molar-refractivity contribution in [1.82, 2.24) is 0 Å². The van der Waals surface area contributed by atoms with Gasteiger partial charge in [0.25, 0.3) is 0 Å². The van der Waals surface area contributed by atoms with E-state index in [0.717, 1.165) is 12.0 Å². The van der Waals surface area contributed by atoms with Crippen LogP contribution in [0.25, 0.3) is 0 Å². The van der Waals surface area contributed by atoms with Gasteiger partial charge in [0.15, 0.2) is 0 Å². The van der Waals surface area contributed by atoms with Crippen molar-refractivity contribution in [3.63, 3.8) is 0 Å². The van der Waals surface area contributed by atoms with E-state index in [9.17, 15) is 13.2 Å². The number of nitrogens with zero attached hydrogens (tertiary/aromatic N) is 1. The Kier molecular flexibility index (Phi) is 5.66. The number of nitrogens with two attached hydrogens (primary N) is 1. The molecule has 1 unspecified atom stereocenters. The lowest BCUT2D eigenvalue weighted by atomic mass is 10.0. The van der Waals surface area contributed by atoms with Gasteiger partial charge in [0.05, 0.1) is 0 Å². The molecule has 0 aliphatic rings. The van der Waals surface area contributed by atoms with Crippen LogP contribution in [-0.4, -0.2) is 25.3 Å². The molecule has 1 aromatic carbocycles. The summed E-state index contributed by atoms with van der Waals surface area (Å²) in [4.78, 5) is 1.34. The van der Waals surface area contributed by atoms with Gasteiger partial charge in [-0.2, -0.15) is 13.2 Å². The van der Waals surface area contributed by atoms with E-state index >= 15 is 0 Å². The van der Waals surface area contributed by atoms with Crippen molar-refractivity contribution in [2.45, 2.75) is 38.9 Å². The largest absolute Gasteiger partial charge is 0.405 e. The number of rotatable bonds is 6. The first-order valence-corrected chi connectivity index (χ1v) is 6.52. The molecule has 0 spiro atoms. The van der Waals surface area contributed by atoms with Gasteiger partial charge in [-0.05, 0) is 31.4 Å². The molecule has 0 aliphatic heterocycles. The first-order valence-electron chi connectivity index (χ1n) is 6.52. The summed E-state index contributed by atoms with van der Waals surface area (Å²) < 4.78 is 37.7. The predicted molar refractivity (Wildman–Crippen MR) is 72.4 cm³/mol. The van der Waals surface area contributed by atoms with Gasteiger partial charge in [0, 0.05) is 18.3 Å². The Labute approximate surface area is 112 Å². The minimum Gasteiger partial charge on any atom is -0.363 e. The second-order valence-corrected chi connectivity index (χ2v) is 4.63. The van der Waals surface area contributed by atoms with E-state index in [2.05, 4.69) is 0 Å². The quantitative estimate of drug-likeness (QED) is 0.862. The zero-order chi connectivity index (χ0) is 14.5. The van der Waals surface area contributed by atoms with Crippen LogP contribution < -0.4 is 10.6 Å². The van der Waals surface area contributed by atoms with Gasteiger partial charge < -0.3 is 10.6 Å². The van der Waals surface area contributed by atoms with Crippen molar-refractivity contribution in [3.05, 3.63) is 29.8 Å². The van der Waals surface area contributed by atoms with Crippen LogP contribution >= 0.6 is 0 Å². The lowest BCUT2D eigenvalue weighted by Gasteiger charge is -2.27. The van der Waals surface area contributed by atoms with Gasteiger partial charge >= 0.3 is 6.18 Å². The van der Waals surface area contributed by atoms with Crippen molar-refractivity contribution in [2.75, 3.05) is 18.0 Å². The van der Waals surface area contributed by atoms with Gasteiger partial charge in [-0.3, -0.25) is 0 Å². The lowest BCUT2D eigenvalue weighted by molar-refractivity contribution is -0.119. The molecule has 2 nitrogen and oxygen atoms in total. The number of anilines is 1. The number of hydrogen-bond donors (Lipinski definition) is 1. The molecule has 19 heavy (non-hydrogen) atoms. The van der Waals surface area contributed by atoms with Crippen LogP contribution in [0.15, 0.2) is 24.3 Å². The molecule has 0 bridgehead atoms. The van der Waals surface area contributed by atoms with Crippen LogP contribution in [0.1, 0.15) is 25.8 Å². The molecule has 0 fully saturated rings. The molecule has 1 atom stereocenters. The highest BCUT2D eigenvalue weighted by molar-refractivity contribution is 5.54. The highest BCUT2D eigenvalue weighted by Gasteiger charge is 2.31. The molecule has 0 aromatic heterocycles. The maximum atomic E-state index is 12.6. The topological polar surface area (TPSA) is 29.3 Å². The van der Waals surface area contributed by atoms with Crippen LogP contribution in [0, 0.1) is 0 Å². The van der Waals surface area contributed by atoms with Crippen molar-refractivity contribution in [1.29, 1.82) is 0 Å². The summed E-state index contributed by atoms with van der Waals surface area (Å²) in [5.41, 5.74) is 7.41. The van der Waals surface area contributed by atoms with E-state index < -0.39 is 12.7 Å². The van der Waals surface area contributed by atoms with Crippen LogP contribution in [0.2, 0.25) is 0 Å². The normalized spacial score (nSPS) is 13.4. The predicted octanol–water partition coefficient (Wildman–Crippen LogP) is 3.36. The smallest absolute Gasteiger partial charge is 0.363 e. The standard InChI is InChI=1S/C14H21F3N2/c1-3-12(18)9-11-7-5-6-8-13(11)19(4-2)10-14(15,16)17/h5-8,12H,3-4,9-10,18H2,1-2H3. The zero-order valence-corrected chi connectivity index (χ0v) is 11.4. The molecule has 0 amide bonds. The van der Waals surface area contributed by atoms with E-state index in [1.165, 1.54) is 4.90 Å². The summed E-state index contributed by atoms with van der Waals surface area (Å²) in [6, 6.07) is 7.15. The fourth-order valence-electron chi connectivity index (χ4n) is 2.00. The fraction of sp³-hybridized carbons (Fsp3) is 0.571. The first kappa shape index (κ1) is 15.8. The minimum atomic E-state index is -4.20. The number of benzene rings is 1. The fourth-order valence-corrected chi connectivity index (χ4v) is 2.00.